The van der Waals surface area contributed by atoms with Crippen molar-refractivity contribution in [3.8, 4) is 0 Å². The predicted molar refractivity (Wildman–Crippen MR) is 67.6 cm³/mol. The molecule has 6 heteroatoms. The zero-order chi connectivity index (χ0) is 14.2. The van der Waals surface area contributed by atoms with Crippen molar-refractivity contribution in [1.82, 2.24) is 5.32 Å². The van der Waals surface area contributed by atoms with E-state index >= 15 is 0 Å². The van der Waals surface area contributed by atoms with Gasteiger partial charge in [0.2, 0.25) is 0 Å². The van der Waals surface area contributed by atoms with E-state index in [2.05, 4.69) is 10.1 Å². The molecule has 0 aromatic heterocycles. The monoisotopic (exact) mass is 277 g/mol. The Bertz CT molecular complexity index is 540. The third-order valence-electron chi connectivity index (χ3n) is 3.62. The number of alkyl carbamates (subject to hydrolysis) is 1. The highest BCUT2D eigenvalue weighted by atomic mass is 16.7. The van der Waals surface area contributed by atoms with Gasteiger partial charge in [0.15, 0.2) is 0 Å². The average Bonchev–Trinajstić information content (AvgIpc) is 3.37. The smallest absolute Gasteiger partial charge is 0.410 e. The fraction of sp³-hybridized carbons (Fsp3) is 0.429. The number of methoxy groups -OCH3 is 1. The SMILES string of the molecule is COC(=O)C1(NC(=O)OCc2ccccc2)OC12CC2. The first-order valence-corrected chi connectivity index (χ1v) is 6.39. The van der Waals surface area contributed by atoms with Crippen LogP contribution in [-0.4, -0.2) is 30.5 Å². The summed E-state index contributed by atoms with van der Waals surface area (Å²) in [5.41, 5.74) is -1.05. The highest BCUT2D eigenvalue weighted by Gasteiger charge is 2.83. The number of hydrogen-bond donors (Lipinski definition) is 1. The number of carbonyl (C=O) groups is 2. The van der Waals surface area contributed by atoms with E-state index in [1.807, 2.05) is 30.3 Å². The second-order valence-electron chi connectivity index (χ2n) is 4.96. The summed E-state index contributed by atoms with van der Waals surface area (Å²) in [6, 6.07) is 9.29. The maximum Gasteiger partial charge on any atom is 0.410 e. The van der Waals surface area contributed by atoms with E-state index in [1.165, 1.54) is 7.11 Å². The molecule has 1 unspecified atom stereocenters. The third-order valence-corrected chi connectivity index (χ3v) is 3.62. The Morgan fingerprint density at radius 1 is 1.30 bits per heavy atom. The van der Waals surface area contributed by atoms with Crippen LogP contribution in [0.2, 0.25) is 0 Å². The molecule has 2 fully saturated rings. The van der Waals surface area contributed by atoms with Gasteiger partial charge >= 0.3 is 12.1 Å². The molecule has 6 nitrogen and oxygen atoms in total. The van der Waals surface area contributed by atoms with Gasteiger partial charge in [-0.2, -0.15) is 0 Å². The molecule has 1 heterocycles. The first-order chi connectivity index (χ1) is 9.62. The molecule has 1 N–H and O–H groups in total. The Labute approximate surface area is 116 Å². The maximum absolute atomic E-state index is 11.8. The van der Waals surface area contributed by atoms with Crippen LogP contribution in [0, 0.1) is 0 Å². The number of esters is 1. The zero-order valence-corrected chi connectivity index (χ0v) is 11.0. The lowest BCUT2D eigenvalue weighted by Crippen LogP contribution is -2.47. The molecule has 1 aliphatic heterocycles. The number of benzene rings is 1. The minimum Gasteiger partial charge on any atom is -0.465 e. The van der Waals surface area contributed by atoms with Gasteiger partial charge in [-0.05, 0) is 18.4 Å². The number of ether oxygens (including phenoxy) is 3. The first-order valence-electron chi connectivity index (χ1n) is 6.39. The minimum atomic E-state index is -1.35. The standard InChI is InChI=1S/C14H15NO5/c1-18-11(16)14(13(20-14)7-8-13)15-12(17)19-9-10-5-3-2-4-6-10/h2-6H,7-9H2,1H3,(H,15,17). The van der Waals surface area contributed by atoms with Gasteiger partial charge < -0.3 is 14.2 Å². The average molecular weight is 277 g/mol. The number of rotatable bonds is 4. The summed E-state index contributed by atoms with van der Waals surface area (Å²) >= 11 is 0. The number of nitrogens with one attached hydrogen (secondary N) is 1. The Balaban J connectivity index is 1.57. The summed E-state index contributed by atoms with van der Waals surface area (Å²) in [6.07, 6.45) is 0.783. The molecule has 1 spiro atoms. The molecule has 0 radical (unpaired) electrons. The van der Waals surface area contributed by atoms with Gasteiger partial charge in [-0.25, -0.2) is 9.59 Å². The van der Waals surface area contributed by atoms with Crippen LogP contribution in [0.4, 0.5) is 4.79 Å². The van der Waals surface area contributed by atoms with Crippen LogP contribution >= 0.6 is 0 Å². The van der Waals surface area contributed by atoms with Crippen molar-refractivity contribution in [3.05, 3.63) is 35.9 Å². The molecular formula is C14H15NO5. The van der Waals surface area contributed by atoms with Crippen LogP contribution in [-0.2, 0) is 25.6 Å². The van der Waals surface area contributed by atoms with E-state index in [4.69, 9.17) is 9.47 Å². The highest BCUT2D eigenvalue weighted by Crippen LogP contribution is 2.63. The molecule has 20 heavy (non-hydrogen) atoms. The van der Waals surface area contributed by atoms with E-state index in [-0.39, 0.29) is 6.61 Å². The number of carbonyl (C=O) groups excluding carboxylic acids is 2. The summed E-state index contributed by atoms with van der Waals surface area (Å²) in [6.45, 7) is 0.136. The molecule has 0 bridgehead atoms. The van der Waals surface area contributed by atoms with E-state index in [9.17, 15) is 9.59 Å². The van der Waals surface area contributed by atoms with Crippen molar-refractivity contribution in [2.24, 2.45) is 0 Å². The Kier molecular flexibility index (Phi) is 2.90. The second kappa shape index (κ2) is 4.49. The van der Waals surface area contributed by atoms with Gasteiger partial charge in [0.1, 0.15) is 12.2 Å². The van der Waals surface area contributed by atoms with Gasteiger partial charge in [-0.1, -0.05) is 30.3 Å². The lowest BCUT2D eigenvalue weighted by atomic mass is 10.2. The summed E-state index contributed by atoms with van der Waals surface area (Å²) in [4.78, 5) is 23.5. The minimum absolute atomic E-state index is 0.136. The number of amides is 1. The van der Waals surface area contributed by atoms with Crippen LogP contribution in [0.25, 0.3) is 0 Å². The van der Waals surface area contributed by atoms with Gasteiger partial charge in [0.05, 0.1) is 7.11 Å². The van der Waals surface area contributed by atoms with Crippen LogP contribution in [0.5, 0.6) is 0 Å². The van der Waals surface area contributed by atoms with Crippen molar-refractivity contribution in [1.29, 1.82) is 0 Å². The second-order valence-corrected chi connectivity index (χ2v) is 4.96. The molecule has 1 aromatic carbocycles. The normalized spacial score (nSPS) is 24.9. The molecular weight excluding hydrogens is 262 g/mol. The van der Waals surface area contributed by atoms with Crippen molar-refractivity contribution < 1.29 is 23.8 Å². The molecule has 106 valence electrons. The molecule has 1 aromatic rings. The van der Waals surface area contributed by atoms with Crippen molar-refractivity contribution in [2.75, 3.05) is 7.11 Å². The molecule has 2 aliphatic rings. The Hall–Kier alpha value is -2.08. The van der Waals surface area contributed by atoms with Gasteiger partial charge in [-0.3, -0.25) is 5.32 Å². The third kappa shape index (κ3) is 2.02. The quantitative estimate of drug-likeness (QED) is 0.664. The van der Waals surface area contributed by atoms with E-state index < -0.39 is 23.4 Å². The number of hydrogen-bond acceptors (Lipinski definition) is 5. The van der Waals surface area contributed by atoms with E-state index in [1.54, 1.807) is 0 Å². The van der Waals surface area contributed by atoms with Crippen molar-refractivity contribution in [2.45, 2.75) is 30.8 Å². The lowest BCUT2D eigenvalue weighted by molar-refractivity contribution is -0.148. The summed E-state index contributed by atoms with van der Waals surface area (Å²) in [5, 5.41) is 2.48. The largest absolute Gasteiger partial charge is 0.465 e. The summed E-state index contributed by atoms with van der Waals surface area (Å²) < 4.78 is 15.2. The van der Waals surface area contributed by atoms with Gasteiger partial charge in [0, 0.05) is 0 Å². The van der Waals surface area contributed by atoms with Crippen LogP contribution in [0.1, 0.15) is 18.4 Å². The van der Waals surface area contributed by atoms with Crippen LogP contribution in [0.15, 0.2) is 30.3 Å². The fourth-order valence-electron chi connectivity index (χ4n) is 2.30. The number of epoxide rings is 1. The zero-order valence-electron chi connectivity index (χ0n) is 11.0. The molecule has 1 saturated heterocycles. The maximum atomic E-state index is 11.8. The summed E-state index contributed by atoms with van der Waals surface area (Å²) in [5.74, 6) is -0.591. The van der Waals surface area contributed by atoms with Crippen LogP contribution < -0.4 is 5.32 Å². The van der Waals surface area contributed by atoms with Gasteiger partial charge in [0.25, 0.3) is 5.72 Å². The van der Waals surface area contributed by atoms with E-state index in [0.29, 0.717) is 0 Å². The Morgan fingerprint density at radius 3 is 2.55 bits per heavy atom. The molecule has 1 amide bonds. The lowest BCUT2D eigenvalue weighted by Gasteiger charge is -2.13. The first kappa shape index (κ1) is 12.9. The highest BCUT2D eigenvalue weighted by molar-refractivity contribution is 5.89. The molecule has 1 atom stereocenters. The summed E-state index contributed by atoms with van der Waals surface area (Å²) in [7, 11) is 1.26. The topological polar surface area (TPSA) is 77.2 Å². The molecule has 3 rings (SSSR count). The van der Waals surface area contributed by atoms with Crippen molar-refractivity contribution in [3.63, 3.8) is 0 Å². The molecule has 1 saturated carbocycles. The van der Waals surface area contributed by atoms with Gasteiger partial charge in [-0.15, -0.1) is 0 Å². The Morgan fingerprint density at radius 2 is 2.00 bits per heavy atom. The van der Waals surface area contributed by atoms with Crippen LogP contribution in [0.3, 0.4) is 0 Å². The van der Waals surface area contributed by atoms with E-state index in [0.717, 1.165) is 18.4 Å². The fourth-order valence-corrected chi connectivity index (χ4v) is 2.30. The molecule has 1 aliphatic carbocycles. The van der Waals surface area contributed by atoms with Crippen molar-refractivity contribution >= 4 is 12.1 Å². The predicted octanol–water partition coefficient (Wildman–Crippen LogP) is 1.34.